The zero-order valence-electron chi connectivity index (χ0n) is 19.7. The smallest absolute Gasteiger partial charge is 0.377 e. The van der Waals surface area contributed by atoms with Crippen molar-refractivity contribution in [2.24, 2.45) is 41.4 Å². The van der Waals surface area contributed by atoms with Crippen LogP contribution >= 0.6 is 0 Å². The van der Waals surface area contributed by atoms with Crippen LogP contribution in [0.4, 0.5) is 8.78 Å². The molecule has 7 heteroatoms. The van der Waals surface area contributed by atoms with E-state index in [0.717, 1.165) is 24.7 Å². The number of ether oxygens (including phenoxy) is 3. The highest BCUT2D eigenvalue weighted by Crippen LogP contribution is 2.60. The first kappa shape index (κ1) is 22.2. The SMILES string of the molecule is CC(F)(F)C(=O)OC12CC3CC(C1)C(OCC(=O)OC1(C)C4CC5CC(C4)CC1C5)C(C3)C2. The fourth-order valence-electron chi connectivity index (χ4n) is 9.31. The number of esters is 2. The van der Waals surface area contributed by atoms with Gasteiger partial charge in [-0.2, -0.15) is 8.78 Å². The Balaban J connectivity index is 1.07. The first-order valence-corrected chi connectivity index (χ1v) is 13.0. The van der Waals surface area contributed by atoms with Crippen LogP contribution in [0.2, 0.25) is 0 Å². The molecule has 0 saturated heterocycles. The second-order valence-electron chi connectivity index (χ2n) is 12.7. The van der Waals surface area contributed by atoms with E-state index >= 15 is 0 Å². The third kappa shape index (κ3) is 3.71. The van der Waals surface area contributed by atoms with E-state index < -0.39 is 17.5 Å². The summed E-state index contributed by atoms with van der Waals surface area (Å²) in [6.07, 6.45) is 9.66. The van der Waals surface area contributed by atoms with E-state index in [-0.39, 0.29) is 36.1 Å². The largest absolute Gasteiger partial charge is 0.457 e. The predicted molar refractivity (Wildman–Crippen MR) is 114 cm³/mol. The fraction of sp³-hybridized carbons (Fsp3) is 0.923. The molecule has 0 aromatic rings. The van der Waals surface area contributed by atoms with E-state index in [1.807, 2.05) is 0 Å². The molecule has 33 heavy (non-hydrogen) atoms. The van der Waals surface area contributed by atoms with Gasteiger partial charge in [0, 0.05) is 6.92 Å². The van der Waals surface area contributed by atoms with Crippen molar-refractivity contribution in [3.05, 3.63) is 0 Å². The van der Waals surface area contributed by atoms with Crippen molar-refractivity contribution in [3.63, 3.8) is 0 Å². The van der Waals surface area contributed by atoms with Crippen molar-refractivity contribution < 1.29 is 32.6 Å². The standard InChI is InChI=1S/C26H36F2O5/c1-24(19-6-14-3-15(8-19)9-20(24)7-14)32-21(29)13-31-22-17-4-16-5-18(22)12-26(10-16,11-17)33-23(30)25(2,27)28/h14-20,22H,3-13H2,1-2H3. The zero-order chi connectivity index (χ0) is 23.2. The zero-order valence-corrected chi connectivity index (χ0v) is 19.7. The van der Waals surface area contributed by atoms with Gasteiger partial charge >= 0.3 is 17.9 Å². The van der Waals surface area contributed by atoms with Gasteiger partial charge in [-0.3, -0.25) is 0 Å². The topological polar surface area (TPSA) is 61.8 Å². The minimum Gasteiger partial charge on any atom is -0.457 e. The Morgan fingerprint density at radius 3 is 1.97 bits per heavy atom. The molecule has 0 aromatic heterocycles. The van der Waals surface area contributed by atoms with E-state index in [4.69, 9.17) is 14.2 Å². The lowest BCUT2D eigenvalue weighted by Crippen LogP contribution is -2.60. The highest BCUT2D eigenvalue weighted by atomic mass is 19.3. The number of hydrogen-bond acceptors (Lipinski definition) is 5. The summed E-state index contributed by atoms with van der Waals surface area (Å²) in [5.41, 5.74) is -1.15. The maximum Gasteiger partial charge on any atom is 0.377 e. The van der Waals surface area contributed by atoms with Crippen molar-refractivity contribution in [3.8, 4) is 0 Å². The lowest BCUT2D eigenvalue weighted by Gasteiger charge is -2.59. The molecule has 0 radical (unpaired) electrons. The van der Waals surface area contributed by atoms with Crippen molar-refractivity contribution in [1.29, 1.82) is 0 Å². The van der Waals surface area contributed by atoms with E-state index in [1.54, 1.807) is 0 Å². The summed E-state index contributed by atoms with van der Waals surface area (Å²) in [6.45, 7) is 2.68. The molecule has 0 aliphatic heterocycles. The second kappa shape index (κ2) is 7.38. The number of carbonyl (C=O) groups is 2. The Labute approximate surface area is 194 Å². The van der Waals surface area contributed by atoms with Gasteiger partial charge in [0.25, 0.3) is 0 Å². The van der Waals surface area contributed by atoms with Crippen LogP contribution in [0.15, 0.2) is 0 Å². The van der Waals surface area contributed by atoms with E-state index in [2.05, 4.69) is 6.92 Å². The van der Waals surface area contributed by atoms with Crippen LogP contribution in [-0.2, 0) is 23.8 Å². The fourth-order valence-corrected chi connectivity index (χ4v) is 9.31. The van der Waals surface area contributed by atoms with Gasteiger partial charge in [0.05, 0.1) is 6.10 Å². The molecular formula is C26H36F2O5. The Kier molecular flexibility index (Phi) is 4.97. The highest BCUT2D eigenvalue weighted by molar-refractivity contribution is 5.77. The maximum atomic E-state index is 13.5. The molecule has 8 aliphatic rings. The van der Waals surface area contributed by atoms with Crippen LogP contribution in [-0.4, -0.2) is 41.8 Å². The molecule has 8 fully saturated rings. The average molecular weight is 467 g/mol. The minimum atomic E-state index is -3.48. The maximum absolute atomic E-state index is 13.5. The summed E-state index contributed by atoms with van der Waals surface area (Å²) in [4.78, 5) is 24.8. The molecule has 8 aliphatic carbocycles. The Bertz CT molecular complexity index is 791. The van der Waals surface area contributed by atoms with Gasteiger partial charge in [0.1, 0.15) is 17.8 Å². The van der Waals surface area contributed by atoms with E-state index in [0.29, 0.717) is 43.9 Å². The molecule has 0 amide bonds. The third-order valence-corrected chi connectivity index (χ3v) is 10.3. The molecule has 8 bridgehead atoms. The third-order valence-electron chi connectivity index (χ3n) is 10.3. The Morgan fingerprint density at radius 1 is 0.848 bits per heavy atom. The summed E-state index contributed by atoms with van der Waals surface area (Å²) in [5.74, 6) is -1.93. The normalized spacial score (nSPS) is 49.3. The molecular weight excluding hydrogens is 430 g/mol. The van der Waals surface area contributed by atoms with Crippen LogP contribution in [0.3, 0.4) is 0 Å². The predicted octanol–water partition coefficient (Wildman–Crippen LogP) is 4.91. The molecule has 2 unspecified atom stereocenters. The molecule has 184 valence electrons. The van der Waals surface area contributed by atoms with Crippen molar-refractivity contribution in [1.82, 2.24) is 0 Å². The van der Waals surface area contributed by atoms with Gasteiger partial charge in [-0.1, -0.05) is 0 Å². The molecule has 0 aromatic carbocycles. The molecule has 2 atom stereocenters. The molecule has 0 N–H and O–H groups in total. The lowest BCUT2D eigenvalue weighted by atomic mass is 9.50. The molecule has 8 saturated carbocycles. The van der Waals surface area contributed by atoms with Gasteiger partial charge in [0.15, 0.2) is 0 Å². The summed E-state index contributed by atoms with van der Waals surface area (Å²) in [6, 6.07) is 0. The highest BCUT2D eigenvalue weighted by Gasteiger charge is 2.60. The quantitative estimate of drug-likeness (QED) is 0.521. The minimum absolute atomic E-state index is 0.0515. The number of hydrogen-bond donors (Lipinski definition) is 0. The molecule has 8 rings (SSSR count). The summed E-state index contributed by atoms with van der Waals surface area (Å²) in [5, 5.41) is 0. The van der Waals surface area contributed by atoms with Gasteiger partial charge in [-0.05, 0) is 113 Å². The van der Waals surface area contributed by atoms with Gasteiger partial charge in [-0.25, -0.2) is 9.59 Å². The number of rotatable bonds is 6. The average Bonchev–Trinajstić information content (AvgIpc) is 2.69. The van der Waals surface area contributed by atoms with Gasteiger partial charge in [-0.15, -0.1) is 0 Å². The van der Waals surface area contributed by atoms with Crippen molar-refractivity contribution >= 4 is 11.9 Å². The lowest BCUT2D eigenvalue weighted by molar-refractivity contribution is -0.232. The number of halogens is 2. The van der Waals surface area contributed by atoms with Gasteiger partial charge < -0.3 is 14.2 Å². The van der Waals surface area contributed by atoms with E-state index in [9.17, 15) is 18.4 Å². The second-order valence-corrected chi connectivity index (χ2v) is 12.7. The number of alkyl halides is 2. The molecule has 0 spiro atoms. The summed E-state index contributed by atoms with van der Waals surface area (Å²) < 4.78 is 44.7. The monoisotopic (exact) mass is 466 g/mol. The first-order chi connectivity index (χ1) is 15.5. The summed E-state index contributed by atoms with van der Waals surface area (Å²) >= 11 is 0. The van der Waals surface area contributed by atoms with Crippen molar-refractivity contribution in [2.75, 3.05) is 6.61 Å². The van der Waals surface area contributed by atoms with Crippen LogP contribution in [0.5, 0.6) is 0 Å². The summed E-state index contributed by atoms with van der Waals surface area (Å²) in [7, 11) is 0. The van der Waals surface area contributed by atoms with Crippen LogP contribution in [0.25, 0.3) is 0 Å². The van der Waals surface area contributed by atoms with Crippen LogP contribution in [0.1, 0.15) is 78.1 Å². The van der Waals surface area contributed by atoms with E-state index in [1.165, 1.54) is 32.1 Å². The number of carbonyl (C=O) groups excluding carboxylic acids is 2. The molecule has 5 nitrogen and oxygen atoms in total. The van der Waals surface area contributed by atoms with Crippen LogP contribution < -0.4 is 0 Å². The Hall–Kier alpha value is -1.24. The van der Waals surface area contributed by atoms with Crippen LogP contribution in [0, 0.1) is 41.4 Å². The molecule has 0 heterocycles. The van der Waals surface area contributed by atoms with Crippen molar-refractivity contribution in [2.45, 2.75) is 101 Å². The Morgan fingerprint density at radius 2 is 1.42 bits per heavy atom. The first-order valence-electron chi connectivity index (χ1n) is 13.0. The van der Waals surface area contributed by atoms with Gasteiger partial charge in [0.2, 0.25) is 0 Å².